The second kappa shape index (κ2) is 40.8. The van der Waals surface area contributed by atoms with Crippen molar-refractivity contribution in [3.63, 3.8) is 0 Å². The van der Waals surface area contributed by atoms with E-state index in [1.54, 1.807) is 29.2 Å². The average molecular weight is 1790 g/mol. The fourth-order valence-corrected chi connectivity index (χ4v) is 19.0. The van der Waals surface area contributed by atoms with Crippen molar-refractivity contribution in [1.82, 2.24) is 40.3 Å². The number of fused-ring (bicyclic) bond motifs is 8. The highest BCUT2D eigenvalue weighted by Gasteiger charge is 2.51. The lowest BCUT2D eigenvalue weighted by atomic mass is 9.81. The molecule has 29 heteroatoms. The summed E-state index contributed by atoms with van der Waals surface area (Å²) >= 11 is 0. The van der Waals surface area contributed by atoms with Gasteiger partial charge in [0, 0.05) is 102 Å². The lowest BCUT2D eigenvalue weighted by molar-refractivity contribution is -0.107. The van der Waals surface area contributed by atoms with Gasteiger partial charge in [-0.3, -0.25) is 0 Å². The van der Waals surface area contributed by atoms with Crippen molar-refractivity contribution >= 4 is 36.4 Å². The molecule has 4 spiro atoms. The molecular weight excluding hydrogens is 1670 g/mol. The highest BCUT2D eigenvalue weighted by molar-refractivity contribution is 5.99. The van der Waals surface area contributed by atoms with Gasteiger partial charge in [-0.1, -0.05) is 89.1 Å². The summed E-state index contributed by atoms with van der Waals surface area (Å²) in [6.45, 7) is 36.4. The van der Waals surface area contributed by atoms with E-state index in [0.717, 1.165) is 118 Å². The summed E-state index contributed by atoms with van der Waals surface area (Å²) in [4.78, 5) is 72.0. The largest absolute Gasteiger partial charge is 0.490 e. The number of oxime groups is 1. The van der Waals surface area contributed by atoms with Gasteiger partial charge in [0.15, 0.2) is 5.84 Å². The van der Waals surface area contributed by atoms with Crippen LogP contribution in [-0.4, -0.2) is 169 Å². The van der Waals surface area contributed by atoms with Crippen LogP contribution in [0.1, 0.15) is 251 Å². The van der Waals surface area contributed by atoms with Crippen molar-refractivity contribution in [2.45, 2.75) is 251 Å². The fraction of sp³-hybridized carbons (Fsp3) is 0.456. The molecule has 17 rings (SSSR count). The van der Waals surface area contributed by atoms with Crippen molar-refractivity contribution in [2.75, 3.05) is 52.4 Å². The molecule has 3 amide bonds. The van der Waals surface area contributed by atoms with Crippen LogP contribution in [0.15, 0.2) is 142 Å². The molecule has 4 aliphatic heterocycles. The number of nitrogens with zero attached hydrogens (tertiary/aromatic N) is 12. The molecule has 4 fully saturated rings. The Labute approximate surface area is 772 Å². The Hall–Kier alpha value is -13.6. The zero-order valence-electron chi connectivity index (χ0n) is 78.4. The number of carboxylic acids is 1. The van der Waals surface area contributed by atoms with E-state index in [0.29, 0.717) is 102 Å². The molecule has 6 heterocycles. The minimum atomic E-state index is -1.05. The number of aromatic carboxylic acids is 1. The zero-order chi connectivity index (χ0) is 95.4. The minimum Gasteiger partial charge on any atom is -0.490 e. The van der Waals surface area contributed by atoms with Gasteiger partial charge in [0.2, 0.25) is 11.6 Å². The summed E-state index contributed by atoms with van der Waals surface area (Å²) in [5.74, 6) is 2.48. The fourth-order valence-electron chi connectivity index (χ4n) is 19.0. The standard InChI is InChI=1S/C29H32N4O4.C24H24N4O2.C18H25N3O3.C18H22N2O2.C11H11NO3.C3H6O/c1-18(2)35-24-10-9-19(15-20(24)16-30)26-31-25(32-37-26)22-7-6-8-23-21(22)11-12-29(23)13-14-33(17-29)27(34)36-28(3,4)5;1-15(2)29-21-7-6-16(12-17(21)13-25)23-27-22(28-30-23)19-4-3-5-20-18(19)8-9-24(20)10-11-26-14-24;1-17(2,3)24-16(22)21-10-9-18(11-21)8-7-12-13(15(19)20-23)5-4-6-14(12)18;1-17(2,3)22-16(21)20-10-9-18(12-20)8-7-14-13(11-19)5-4-6-15(14)18;1-7(2)15-10-4-3-8(11(13)14)5-9(10)6-12;1-2-3-4/h6-10,15,18H,11-14,17H2,1-5H3;3-7,12,15,26H,8-11,14H2,1-2H3;4-6,23H,7-11H2,1-3H3,(H2,19,20);4-6H,7-10,12H2,1-3H3;3-5,7H,1-2H3,(H,13,14);3H,2H2,1H3. The monoisotopic (exact) mass is 1790 g/mol. The molecule has 692 valence electrons. The second-order valence-electron chi connectivity index (χ2n) is 38.6. The van der Waals surface area contributed by atoms with E-state index < -0.39 is 22.8 Å². The number of amides is 3. The molecule has 0 saturated carbocycles. The third-order valence-corrected chi connectivity index (χ3v) is 24.8. The number of nitrogens with one attached hydrogen (secondary N) is 1. The predicted octanol–water partition coefficient (Wildman–Crippen LogP) is 18.8. The maximum absolute atomic E-state index is 12.7. The van der Waals surface area contributed by atoms with Crippen molar-refractivity contribution in [3.8, 4) is 87.2 Å². The van der Waals surface area contributed by atoms with Crippen LogP contribution in [0.4, 0.5) is 14.4 Å². The Morgan fingerprint density at radius 3 is 1.24 bits per heavy atom. The van der Waals surface area contributed by atoms with Crippen LogP contribution in [0.3, 0.4) is 0 Å². The van der Waals surface area contributed by atoms with Gasteiger partial charge in [-0.25, -0.2) is 19.2 Å². The molecule has 4 aliphatic carbocycles. The second-order valence-corrected chi connectivity index (χ2v) is 38.6. The van der Waals surface area contributed by atoms with Crippen LogP contribution in [0.5, 0.6) is 17.2 Å². The molecule has 4 atom stereocenters. The summed E-state index contributed by atoms with van der Waals surface area (Å²) in [5, 5.41) is 70.1. The number of likely N-dealkylation sites (tertiary alicyclic amines) is 3. The number of nitrogens with two attached hydrogens (primary N) is 1. The van der Waals surface area contributed by atoms with Crippen molar-refractivity contribution < 1.29 is 71.8 Å². The first-order valence-corrected chi connectivity index (χ1v) is 45.2. The first-order chi connectivity index (χ1) is 62.7. The van der Waals surface area contributed by atoms with Gasteiger partial charge in [0.25, 0.3) is 11.8 Å². The maximum Gasteiger partial charge on any atom is 0.410 e. The van der Waals surface area contributed by atoms with Gasteiger partial charge in [0.1, 0.15) is 58.5 Å². The van der Waals surface area contributed by atoms with E-state index in [-0.39, 0.29) is 75.2 Å². The number of amidine groups is 1. The van der Waals surface area contributed by atoms with Gasteiger partial charge in [-0.05, 0) is 293 Å². The molecule has 2 aromatic heterocycles. The molecule has 29 nitrogen and oxygen atoms in total. The SMILES string of the molecule is CC(C)(C)OC(=O)N1CCC2(CCc3c(/C(N)=N/O)cccc32)C1.CC(C)(C)OC(=O)N1CCC2(CCc3c(C#N)cccc32)C1.CC(C)Oc1ccc(-c2nc(-c3cccc4c3CCC43CCN(C(=O)OC(C)(C)C)C3)no2)cc1C#N.CC(C)Oc1ccc(-c2nc(-c3cccc4c3CCC43CCNC3)no2)cc1C#N.CC(C)Oc1ccc(C(=O)O)cc1C#N.CCC=O. The molecular formula is C103H120N14O15. The van der Waals surface area contributed by atoms with Gasteiger partial charge in [-0.15, -0.1) is 0 Å². The molecule has 0 bridgehead atoms. The number of ether oxygens (including phenoxy) is 6. The summed E-state index contributed by atoms with van der Waals surface area (Å²) < 4.78 is 44.6. The first-order valence-electron chi connectivity index (χ1n) is 45.2. The number of benzene rings is 7. The molecule has 0 radical (unpaired) electrons. The number of aldehydes is 1. The quantitative estimate of drug-likeness (QED) is 0.0208. The Bertz CT molecular complexity index is 5960. The molecule has 7 aromatic carbocycles. The van der Waals surface area contributed by atoms with Crippen LogP contribution >= 0.6 is 0 Å². The molecule has 4 saturated heterocycles. The molecule has 132 heavy (non-hydrogen) atoms. The van der Waals surface area contributed by atoms with E-state index in [2.05, 4.69) is 85.4 Å². The maximum atomic E-state index is 12.7. The van der Waals surface area contributed by atoms with Crippen LogP contribution in [-0.2, 0) is 66.3 Å². The van der Waals surface area contributed by atoms with E-state index >= 15 is 0 Å². The Morgan fingerprint density at radius 1 is 0.500 bits per heavy atom. The topological polar surface area (TPSA) is 414 Å². The number of carbonyl (C=O) groups excluding carboxylic acids is 4. The predicted molar refractivity (Wildman–Crippen MR) is 496 cm³/mol. The number of hydrogen-bond donors (Lipinski definition) is 4. The molecule has 8 aliphatic rings. The molecule has 4 unspecified atom stereocenters. The zero-order valence-corrected chi connectivity index (χ0v) is 78.4. The van der Waals surface area contributed by atoms with Gasteiger partial charge < -0.3 is 78.3 Å². The number of hydrogen-bond acceptors (Lipinski definition) is 24. The van der Waals surface area contributed by atoms with E-state index in [1.807, 2.05) is 175 Å². The number of aromatic nitrogens is 4. The average Bonchev–Trinajstić information content (AvgIpc) is 1.55. The van der Waals surface area contributed by atoms with Gasteiger partial charge >= 0.3 is 24.2 Å². The molecule has 9 aromatic rings. The van der Waals surface area contributed by atoms with E-state index in [1.165, 1.54) is 70.0 Å². The van der Waals surface area contributed by atoms with Crippen LogP contribution in [0.2, 0.25) is 0 Å². The number of rotatable bonds is 13. The smallest absolute Gasteiger partial charge is 0.410 e. The third-order valence-electron chi connectivity index (χ3n) is 24.8. The van der Waals surface area contributed by atoms with Crippen LogP contribution < -0.4 is 25.3 Å². The number of carbonyl (C=O) groups is 5. The van der Waals surface area contributed by atoms with Gasteiger partial charge in [-0.2, -0.15) is 31.0 Å². The van der Waals surface area contributed by atoms with Crippen LogP contribution in [0, 0.1) is 45.3 Å². The highest BCUT2D eigenvalue weighted by Crippen LogP contribution is 2.52. The number of nitriles is 4. The Morgan fingerprint density at radius 2 is 0.864 bits per heavy atom. The van der Waals surface area contributed by atoms with Gasteiger partial charge in [0.05, 0.1) is 52.2 Å². The van der Waals surface area contributed by atoms with E-state index in [9.17, 15) is 39.8 Å². The summed E-state index contributed by atoms with van der Waals surface area (Å²) in [6, 6.07) is 48.0. The highest BCUT2D eigenvalue weighted by atomic mass is 16.6. The summed E-state index contributed by atoms with van der Waals surface area (Å²) in [6.07, 6.45) is 12.5. The molecule has 5 N–H and O–H groups in total. The minimum absolute atomic E-state index is 0.00325. The normalized spacial score (nSPS) is 19.3. The van der Waals surface area contributed by atoms with E-state index in [4.69, 9.17) is 58.8 Å². The van der Waals surface area contributed by atoms with Crippen molar-refractivity contribution in [2.24, 2.45) is 10.9 Å². The third kappa shape index (κ3) is 22.3. The lowest BCUT2D eigenvalue weighted by Gasteiger charge is -2.27. The van der Waals surface area contributed by atoms with Crippen LogP contribution in [0.25, 0.3) is 45.7 Å². The number of carboxylic acid groups (broad SMARTS) is 1. The first kappa shape index (κ1) is 97.4. The summed E-state index contributed by atoms with van der Waals surface area (Å²) in [5.41, 5.74) is 20.7. The lowest BCUT2D eigenvalue weighted by Crippen LogP contribution is -2.37. The Balaban J connectivity index is 0.000000151. The summed E-state index contributed by atoms with van der Waals surface area (Å²) in [7, 11) is 0. The van der Waals surface area contributed by atoms with Crippen molar-refractivity contribution in [3.05, 3.63) is 205 Å². The van der Waals surface area contributed by atoms with Crippen molar-refractivity contribution in [1.29, 1.82) is 21.0 Å². The Kier molecular flexibility index (Phi) is 30.1.